The summed E-state index contributed by atoms with van der Waals surface area (Å²) in [5.74, 6) is -0.202. The summed E-state index contributed by atoms with van der Waals surface area (Å²) in [6.45, 7) is 6.82. The summed E-state index contributed by atoms with van der Waals surface area (Å²) < 4.78 is 0. The topological polar surface area (TPSA) is 76.2 Å². The van der Waals surface area contributed by atoms with Crippen LogP contribution in [-0.2, 0) is 4.79 Å². The van der Waals surface area contributed by atoms with E-state index < -0.39 is 0 Å². The van der Waals surface area contributed by atoms with Gasteiger partial charge in [0.25, 0.3) is 11.8 Å². The molecule has 1 N–H and O–H groups in total. The zero-order chi connectivity index (χ0) is 31.3. The predicted octanol–water partition coefficient (Wildman–Crippen LogP) is 5.55. The van der Waals surface area contributed by atoms with Gasteiger partial charge in [0.15, 0.2) is 0 Å². The van der Waals surface area contributed by atoms with Gasteiger partial charge in [-0.25, -0.2) is 0 Å². The van der Waals surface area contributed by atoms with Crippen molar-refractivity contribution in [2.75, 3.05) is 68.0 Å². The SMILES string of the molecule is Cc1ccc(-c2ccccc2C(=O)Nc2ccc(C(=O)N3CCCN(CC(=O)N4CCN(C)CC4)c4ccccc43)cc2)cc1. The molecule has 4 aromatic rings. The van der Waals surface area contributed by atoms with E-state index in [4.69, 9.17) is 0 Å². The highest BCUT2D eigenvalue weighted by molar-refractivity contribution is 6.10. The summed E-state index contributed by atoms with van der Waals surface area (Å²) in [6.07, 6.45) is 0.741. The molecule has 0 spiro atoms. The van der Waals surface area contributed by atoms with E-state index in [1.165, 1.54) is 0 Å². The smallest absolute Gasteiger partial charge is 0.258 e. The molecule has 0 bridgehead atoms. The van der Waals surface area contributed by atoms with Gasteiger partial charge in [-0.15, -0.1) is 0 Å². The Balaban J connectivity index is 1.16. The number of nitrogens with one attached hydrogen (secondary N) is 1. The Morgan fingerprint density at radius 3 is 2.11 bits per heavy atom. The molecule has 2 heterocycles. The van der Waals surface area contributed by atoms with Crippen molar-refractivity contribution < 1.29 is 14.4 Å². The van der Waals surface area contributed by atoms with Crippen molar-refractivity contribution >= 4 is 34.8 Å². The first-order chi connectivity index (χ1) is 21.9. The lowest BCUT2D eigenvalue weighted by Gasteiger charge is -2.34. The van der Waals surface area contributed by atoms with Gasteiger partial charge in [0.1, 0.15) is 0 Å². The number of fused-ring (bicyclic) bond motifs is 1. The summed E-state index contributed by atoms with van der Waals surface area (Å²) in [6, 6.07) is 30.5. The molecule has 8 nitrogen and oxygen atoms in total. The van der Waals surface area contributed by atoms with E-state index in [0.717, 1.165) is 60.7 Å². The zero-order valence-electron chi connectivity index (χ0n) is 25.9. The van der Waals surface area contributed by atoms with Crippen LogP contribution >= 0.6 is 0 Å². The number of carbonyl (C=O) groups excluding carboxylic acids is 3. The Bertz CT molecular complexity index is 1680. The summed E-state index contributed by atoms with van der Waals surface area (Å²) in [5, 5.41) is 3.00. The number of carbonyl (C=O) groups is 3. The number of anilines is 3. The van der Waals surface area contributed by atoms with Crippen molar-refractivity contribution in [3.8, 4) is 11.1 Å². The molecule has 2 aliphatic heterocycles. The molecule has 0 radical (unpaired) electrons. The number of para-hydroxylation sites is 2. The maximum absolute atomic E-state index is 13.8. The van der Waals surface area contributed by atoms with Crippen molar-refractivity contribution in [2.45, 2.75) is 13.3 Å². The Morgan fingerprint density at radius 1 is 0.711 bits per heavy atom. The molecular formula is C37H39N5O3. The molecule has 45 heavy (non-hydrogen) atoms. The minimum absolute atomic E-state index is 0.114. The van der Waals surface area contributed by atoms with Crippen molar-refractivity contribution in [3.63, 3.8) is 0 Å². The largest absolute Gasteiger partial charge is 0.360 e. The lowest BCUT2D eigenvalue weighted by Crippen LogP contribution is -2.50. The highest BCUT2D eigenvalue weighted by atomic mass is 16.2. The summed E-state index contributed by atoms with van der Waals surface area (Å²) in [7, 11) is 2.08. The van der Waals surface area contributed by atoms with Crippen LogP contribution in [0.15, 0.2) is 97.1 Å². The highest BCUT2D eigenvalue weighted by Gasteiger charge is 2.28. The number of rotatable bonds is 6. The minimum Gasteiger partial charge on any atom is -0.360 e. The predicted molar refractivity (Wildman–Crippen MR) is 180 cm³/mol. The van der Waals surface area contributed by atoms with Gasteiger partial charge < -0.3 is 24.9 Å². The zero-order valence-corrected chi connectivity index (χ0v) is 25.9. The van der Waals surface area contributed by atoms with Gasteiger partial charge in [-0.1, -0.05) is 60.2 Å². The van der Waals surface area contributed by atoms with Crippen LogP contribution in [0.5, 0.6) is 0 Å². The average Bonchev–Trinajstić information content (AvgIpc) is 3.25. The normalized spacial score (nSPS) is 15.3. The number of piperazine rings is 1. The Hall–Kier alpha value is -4.95. The Labute approximate surface area is 264 Å². The number of amides is 3. The van der Waals surface area contributed by atoms with E-state index in [0.29, 0.717) is 36.4 Å². The van der Waals surface area contributed by atoms with Crippen molar-refractivity contribution in [1.29, 1.82) is 0 Å². The molecule has 0 atom stereocenters. The lowest BCUT2D eigenvalue weighted by molar-refractivity contribution is -0.131. The molecule has 230 valence electrons. The second-order valence-electron chi connectivity index (χ2n) is 11.8. The monoisotopic (exact) mass is 601 g/mol. The molecule has 0 saturated carbocycles. The van der Waals surface area contributed by atoms with E-state index in [1.807, 2.05) is 84.6 Å². The minimum atomic E-state index is -0.210. The lowest BCUT2D eigenvalue weighted by atomic mass is 9.98. The fourth-order valence-electron chi connectivity index (χ4n) is 6.03. The fourth-order valence-corrected chi connectivity index (χ4v) is 6.03. The van der Waals surface area contributed by atoms with E-state index in [9.17, 15) is 14.4 Å². The molecule has 3 amide bonds. The van der Waals surface area contributed by atoms with Crippen molar-refractivity contribution in [3.05, 3.63) is 114 Å². The third-order valence-corrected chi connectivity index (χ3v) is 8.67. The average molecular weight is 602 g/mol. The van der Waals surface area contributed by atoms with Gasteiger partial charge in [0.2, 0.25) is 5.91 Å². The summed E-state index contributed by atoms with van der Waals surface area (Å²) in [5.41, 5.74) is 6.42. The molecule has 4 aromatic carbocycles. The molecule has 1 saturated heterocycles. The second kappa shape index (κ2) is 13.4. The van der Waals surface area contributed by atoms with Crippen LogP contribution in [0.4, 0.5) is 17.1 Å². The van der Waals surface area contributed by atoms with E-state index in [-0.39, 0.29) is 17.7 Å². The van der Waals surface area contributed by atoms with Gasteiger partial charge in [-0.05, 0) is 74.0 Å². The standard InChI is InChI=1S/C37H39N5O3/c1-27-12-14-28(15-13-27)31-8-3-4-9-32(31)36(44)38-30-18-16-29(17-19-30)37(45)42-21-7-20-41(33-10-5-6-11-34(33)42)26-35(43)40-24-22-39(2)23-25-40/h3-6,8-19H,7,20-26H2,1-2H3,(H,38,44). The first-order valence-corrected chi connectivity index (χ1v) is 15.6. The van der Waals surface area contributed by atoms with Gasteiger partial charge >= 0.3 is 0 Å². The van der Waals surface area contributed by atoms with Crippen LogP contribution in [0.3, 0.4) is 0 Å². The van der Waals surface area contributed by atoms with Gasteiger partial charge in [0.05, 0.1) is 17.9 Å². The van der Waals surface area contributed by atoms with Gasteiger partial charge in [-0.3, -0.25) is 14.4 Å². The van der Waals surface area contributed by atoms with E-state index in [1.54, 1.807) is 29.2 Å². The number of hydrogen-bond acceptors (Lipinski definition) is 5. The Kier molecular flexibility index (Phi) is 8.93. The maximum Gasteiger partial charge on any atom is 0.258 e. The number of nitrogens with zero attached hydrogens (tertiary/aromatic N) is 4. The van der Waals surface area contributed by atoms with Crippen LogP contribution in [0, 0.1) is 6.92 Å². The highest BCUT2D eigenvalue weighted by Crippen LogP contribution is 2.33. The third-order valence-electron chi connectivity index (χ3n) is 8.67. The third kappa shape index (κ3) is 6.76. The number of aryl methyl sites for hydroxylation is 1. The van der Waals surface area contributed by atoms with E-state index in [2.05, 4.69) is 22.2 Å². The molecule has 1 fully saturated rings. The quantitative estimate of drug-likeness (QED) is 0.314. The molecule has 0 unspecified atom stereocenters. The van der Waals surface area contributed by atoms with Crippen LogP contribution < -0.4 is 15.1 Å². The van der Waals surface area contributed by atoms with Gasteiger partial charge in [0, 0.05) is 56.1 Å². The van der Waals surface area contributed by atoms with E-state index >= 15 is 0 Å². The first-order valence-electron chi connectivity index (χ1n) is 15.6. The number of hydrogen-bond donors (Lipinski definition) is 1. The van der Waals surface area contributed by atoms with Crippen LogP contribution in [0.2, 0.25) is 0 Å². The fraction of sp³-hybridized carbons (Fsp3) is 0.270. The van der Waals surface area contributed by atoms with Gasteiger partial charge in [-0.2, -0.15) is 0 Å². The molecule has 8 heteroatoms. The van der Waals surface area contributed by atoms with Crippen LogP contribution in [0.25, 0.3) is 11.1 Å². The first kappa shape index (κ1) is 30.1. The van der Waals surface area contributed by atoms with Crippen molar-refractivity contribution in [2.24, 2.45) is 0 Å². The molecule has 0 aliphatic carbocycles. The summed E-state index contributed by atoms with van der Waals surface area (Å²) in [4.78, 5) is 48.4. The Morgan fingerprint density at radius 2 is 1.38 bits per heavy atom. The molecule has 0 aromatic heterocycles. The van der Waals surface area contributed by atoms with Crippen LogP contribution in [-0.4, -0.2) is 80.4 Å². The molecule has 6 rings (SSSR count). The van der Waals surface area contributed by atoms with Crippen molar-refractivity contribution in [1.82, 2.24) is 9.80 Å². The maximum atomic E-state index is 13.8. The second-order valence-corrected chi connectivity index (χ2v) is 11.8. The molecule has 2 aliphatic rings. The molecular weight excluding hydrogens is 562 g/mol. The number of benzene rings is 4. The van der Waals surface area contributed by atoms with Crippen LogP contribution in [0.1, 0.15) is 32.7 Å². The summed E-state index contributed by atoms with van der Waals surface area (Å²) >= 11 is 0. The number of likely N-dealkylation sites (N-methyl/N-ethyl adjacent to an activating group) is 1.